The summed E-state index contributed by atoms with van der Waals surface area (Å²) in [6.07, 6.45) is 4.93. The fraction of sp³-hybridized carbons (Fsp3) is 0. The second kappa shape index (κ2) is 2.49. The molecule has 0 unspecified atom stereocenters. The quantitative estimate of drug-likeness (QED) is 0.480. The number of rotatable bonds is 0. The predicted molar refractivity (Wildman–Crippen MR) is 34.3 cm³/mol. The summed E-state index contributed by atoms with van der Waals surface area (Å²) in [7, 11) is 0. The molecule has 0 spiro atoms. The Morgan fingerprint density at radius 1 is 1.20 bits per heavy atom. The van der Waals surface area contributed by atoms with E-state index in [1.807, 2.05) is 0 Å². The zero-order valence-corrected chi connectivity index (χ0v) is 5.07. The molecular formula is C8H4F2. The van der Waals surface area contributed by atoms with Gasteiger partial charge < -0.3 is 0 Å². The summed E-state index contributed by atoms with van der Waals surface area (Å²) in [6.45, 7) is 0. The summed E-state index contributed by atoms with van der Waals surface area (Å²) in [4.78, 5) is 0. The molecule has 0 nitrogen and oxygen atoms in total. The Kier molecular flexibility index (Phi) is 1.68. The molecule has 0 aliphatic heterocycles. The van der Waals surface area contributed by atoms with Crippen LogP contribution in [0, 0.1) is 24.0 Å². The highest BCUT2D eigenvalue weighted by molar-refractivity contribution is 5.32. The van der Waals surface area contributed by atoms with Crippen molar-refractivity contribution in [1.82, 2.24) is 0 Å². The fourth-order valence-electron chi connectivity index (χ4n) is 0.586. The van der Waals surface area contributed by atoms with Crippen LogP contribution in [0.15, 0.2) is 18.2 Å². The van der Waals surface area contributed by atoms with Gasteiger partial charge in [0.1, 0.15) is 0 Å². The van der Waals surface area contributed by atoms with Crippen LogP contribution in [0.25, 0.3) is 0 Å². The first-order valence-electron chi connectivity index (χ1n) is 2.65. The summed E-state index contributed by atoms with van der Waals surface area (Å²) >= 11 is 0. The van der Waals surface area contributed by atoms with Gasteiger partial charge in [0, 0.05) is 5.56 Å². The molecular weight excluding hydrogens is 134 g/mol. The van der Waals surface area contributed by atoms with E-state index in [0.717, 1.165) is 12.1 Å². The van der Waals surface area contributed by atoms with Crippen LogP contribution in [0.3, 0.4) is 0 Å². The van der Waals surface area contributed by atoms with Gasteiger partial charge in [0.15, 0.2) is 11.6 Å². The molecule has 0 aromatic heterocycles. The van der Waals surface area contributed by atoms with Crippen LogP contribution in [0.1, 0.15) is 5.56 Å². The average molecular weight is 138 g/mol. The van der Waals surface area contributed by atoms with E-state index >= 15 is 0 Å². The first-order valence-corrected chi connectivity index (χ1v) is 2.65. The topological polar surface area (TPSA) is 0 Å². The van der Waals surface area contributed by atoms with Crippen molar-refractivity contribution < 1.29 is 8.78 Å². The summed E-state index contributed by atoms with van der Waals surface area (Å²) < 4.78 is 24.5. The van der Waals surface area contributed by atoms with E-state index in [1.54, 1.807) is 0 Å². The molecule has 1 aromatic carbocycles. The van der Waals surface area contributed by atoms with Gasteiger partial charge in [0.05, 0.1) is 0 Å². The number of halogens is 2. The molecule has 0 atom stereocenters. The van der Waals surface area contributed by atoms with Crippen molar-refractivity contribution in [2.24, 2.45) is 0 Å². The Morgan fingerprint density at radius 2 is 1.90 bits per heavy atom. The normalized spacial score (nSPS) is 8.90. The van der Waals surface area contributed by atoms with Gasteiger partial charge in [-0.25, -0.2) is 8.78 Å². The third-order valence-corrected chi connectivity index (χ3v) is 1.09. The van der Waals surface area contributed by atoms with Gasteiger partial charge in [-0.05, 0) is 18.2 Å². The van der Waals surface area contributed by atoms with Gasteiger partial charge in [-0.1, -0.05) is 5.92 Å². The molecule has 0 N–H and O–H groups in total. The molecule has 0 amide bonds. The molecule has 1 aromatic rings. The average Bonchev–Trinajstić information content (AvgIpc) is 1.95. The number of benzene rings is 1. The first kappa shape index (κ1) is 6.76. The number of terminal acetylenes is 1. The predicted octanol–water partition coefficient (Wildman–Crippen LogP) is 1.95. The molecule has 0 heterocycles. The van der Waals surface area contributed by atoms with Crippen molar-refractivity contribution in [1.29, 1.82) is 0 Å². The lowest BCUT2D eigenvalue weighted by atomic mass is 10.2. The minimum atomic E-state index is -0.907. The molecule has 0 fully saturated rings. The maximum Gasteiger partial charge on any atom is 0.160 e. The van der Waals surface area contributed by atoms with E-state index in [9.17, 15) is 8.78 Å². The third kappa shape index (κ3) is 1.14. The van der Waals surface area contributed by atoms with Gasteiger partial charge in [-0.2, -0.15) is 0 Å². The van der Waals surface area contributed by atoms with Crippen molar-refractivity contribution in [3.63, 3.8) is 0 Å². The summed E-state index contributed by atoms with van der Waals surface area (Å²) in [5.41, 5.74) is 0.346. The third-order valence-electron chi connectivity index (χ3n) is 1.09. The zero-order valence-electron chi connectivity index (χ0n) is 5.07. The minimum Gasteiger partial charge on any atom is -0.204 e. The van der Waals surface area contributed by atoms with Gasteiger partial charge in [0.25, 0.3) is 0 Å². The summed E-state index contributed by atoms with van der Waals surface area (Å²) in [6, 6.07) is 3.33. The summed E-state index contributed by atoms with van der Waals surface area (Å²) in [5, 5.41) is 0. The molecule has 2 heteroatoms. The van der Waals surface area contributed by atoms with Crippen molar-refractivity contribution in [2.75, 3.05) is 0 Å². The SMILES string of the molecule is C#Cc1ccc(F)c(F)c1. The Bertz CT molecular complexity index is 284. The molecule has 0 radical (unpaired) electrons. The zero-order chi connectivity index (χ0) is 7.56. The Morgan fingerprint density at radius 3 is 2.40 bits per heavy atom. The van der Waals surface area contributed by atoms with Gasteiger partial charge >= 0.3 is 0 Å². The second-order valence-electron chi connectivity index (χ2n) is 1.77. The highest BCUT2D eigenvalue weighted by Gasteiger charge is 1.98. The smallest absolute Gasteiger partial charge is 0.160 e. The summed E-state index contributed by atoms with van der Waals surface area (Å²) in [5.74, 6) is 0.405. The van der Waals surface area contributed by atoms with E-state index in [2.05, 4.69) is 5.92 Å². The Hall–Kier alpha value is -1.36. The van der Waals surface area contributed by atoms with Crippen LogP contribution in [0.4, 0.5) is 8.78 Å². The maximum atomic E-state index is 12.3. The molecule has 0 saturated heterocycles. The largest absolute Gasteiger partial charge is 0.204 e. The van der Waals surface area contributed by atoms with Gasteiger partial charge in [-0.3, -0.25) is 0 Å². The van der Waals surface area contributed by atoms with Crippen LogP contribution in [0.5, 0.6) is 0 Å². The highest BCUT2D eigenvalue weighted by atomic mass is 19.2. The van der Waals surface area contributed by atoms with E-state index in [1.165, 1.54) is 6.07 Å². The molecule has 0 aliphatic rings. The molecule has 0 aliphatic carbocycles. The van der Waals surface area contributed by atoms with Crippen LogP contribution >= 0.6 is 0 Å². The van der Waals surface area contributed by atoms with Crippen molar-refractivity contribution in [2.45, 2.75) is 0 Å². The minimum absolute atomic E-state index is 0.346. The molecule has 1 rings (SSSR count). The van der Waals surface area contributed by atoms with Crippen molar-refractivity contribution >= 4 is 0 Å². The van der Waals surface area contributed by atoms with Crippen LogP contribution < -0.4 is 0 Å². The van der Waals surface area contributed by atoms with Gasteiger partial charge in [-0.15, -0.1) is 6.42 Å². The van der Waals surface area contributed by atoms with E-state index in [0.29, 0.717) is 5.56 Å². The van der Waals surface area contributed by atoms with Crippen molar-refractivity contribution in [3.8, 4) is 12.3 Å². The Labute approximate surface area is 57.5 Å². The monoisotopic (exact) mass is 138 g/mol. The lowest BCUT2D eigenvalue weighted by Crippen LogP contribution is -1.83. The van der Waals surface area contributed by atoms with Crippen molar-refractivity contribution in [3.05, 3.63) is 35.4 Å². The molecule has 0 saturated carbocycles. The molecule has 50 valence electrons. The van der Waals surface area contributed by atoms with E-state index < -0.39 is 11.6 Å². The van der Waals surface area contributed by atoms with Crippen LogP contribution in [0.2, 0.25) is 0 Å². The fourth-order valence-corrected chi connectivity index (χ4v) is 0.586. The second-order valence-corrected chi connectivity index (χ2v) is 1.77. The van der Waals surface area contributed by atoms with Crippen LogP contribution in [-0.4, -0.2) is 0 Å². The van der Waals surface area contributed by atoms with E-state index in [-0.39, 0.29) is 0 Å². The number of hydrogen-bond acceptors (Lipinski definition) is 0. The first-order chi connectivity index (χ1) is 4.74. The lowest BCUT2D eigenvalue weighted by Gasteiger charge is -1.91. The van der Waals surface area contributed by atoms with Crippen LogP contribution in [-0.2, 0) is 0 Å². The standard InChI is InChI=1S/C8H4F2/c1-2-6-3-4-7(9)8(10)5-6/h1,3-5H. The molecule has 10 heavy (non-hydrogen) atoms. The highest BCUT2D eigenvalue weighted by Crippen LogP contribution is 2.06. The number of hydrogen-bond donors (Lipinski definition) is 0. The maximum absolute atomic E-state index is 12.3. The lowest BCUT2D eigenvalue weighted by molar-refractivity contribution is 0.508. The van der Waals surface area contributed by atoms with E-state index in [4.69, 9.17) is 6.42 Å². The molecule has 0 bridgehead atoms. The van der Waals surface area contributed by atoms with Gasteiger partial charge in [0.2, 0.25) is 0 Å². The Balaban J connectivity index is 3.20.